The molecular weight excluding hydrogens is 350 g/mol. The lowest BCUT2D eigenvalue weighted by Crippen LogP contribution is -1.99. The molecule has 0 N–H and O–H groups in total. The minimum atomic E-state index is 0.846. The Kier molecular flexibility index (Phi) is 31.0. The van der Waals surface area contributed by atoms with Gasteiger partial charge >= 0.3 is 0 Å². The predicted molar refractivity (Wildman–Crippen MR) is 128 cm³/mol. The van der Waals surface area contributed by atoms with Crippen LogP contribution in [0.5, 0.6) is 0 Å². The lowest BCUT2D eigenvalue weighted by atomic mass is 10.0. The summed E-state index contributed by atoms with van der Waals surface area (Å²) in [5.74, 6) is 0.846. The van der Waals surface area contributed by atoms with Gasteiger partial charge in [-0.05, 0) is 27.6 Å². The molecule has 0 aliphatic carbocycles. The highest BCUT2D eigenvalue weighted by Gasteiger charge is 1.95. The van der Waals surface area contributed by atoms with Crippen molar-refractivity contribution in [1.29, 1.82) is 0 Å². The lowest BCUT2D eigenvalue weighted by Gasteiger charge is -2.03. The molecule has 0 radical (unpaired) electrons. The zero-order valence-corrected chi connectivity index (χ0v) is 20.4. The normalized spacial score (nSPS) is 10.9. The van der Waals surface area contributed by atoms with E-state index in [-0.39, 0.29) is 0 Å². The molecule has 0 aliphatic heterocycles. The first-order valence-corrected chi connectivity index (χ1v) is 12.9. The average molecular weight is 404 g/mol. The van der Waals surface area contributed by atoms with Gasteiger partial charge in [-0.3, -0.25) is 0 Å². The Bertz CT molecular complexity index is 208. The number of alkyl halides is 1. The van der Waals surface area contributed by atoms with Crippen LogP contribution in [0.2, 0.25) is 0 Å². The summed E-state index contributed by atoms with van der Waals surface area (Å²) in [6.45, 7) is 2.30. The van der Waals surface area contributed by atoms with Crippen LogP contribution in [0, 0.1) is 0 Å². The molecule has 0 spiro atoms. The Hall–Kier alpha value is 0.250. The maximum absolute atomic E-state index is 5.68. The molecule has 0 fully saturated rings. The summed E-state index contributed by atoms with van der Waals surface area (Å²) in [5.41, 5.74) is 0. The van der Waals surface area contributed by atoms with Crippen molar-refractivity contribution in [2.24, 2.45) is 0 Å². The minimum absolute atomic E-state index is 0.846. The molecule has 166 valence electrons. The maximum atomic E-state index is 5.68. The van der Waals surface area contributed by atoms with Crippen molar-refractivity contribution in [2.75, 3.05) is 27.0 Å². The molecule has 0 bridgehead atoms. The van der Waals surface area contributed by atoms with E-state index < -0.39 is 0 Å². The lowest BCUT2D eigenvalue weighted by molar-refractivity contribution is 0.505. The van der Waals surface area contributed by atoms with Crippen molar-refractivity contribution in [3.63, 3.8) is 0 Å². The molecule has 0 heterocycles. The van der Waals surface area contributed by atoms with E-state index in [9.17, 15) is 0 Å². The summed E-state index contributed by atoms with van der Waals surface area (Å²) in [4.78, 5) is 2.00. The van der Waals surface area contributed by atoms with E-state index in [1.807, 2.05) is 26.0 Å². The van der Waals surface area contributed by atoms with Gasteiger partial charge in [0.2, 0.25) is 0 Å². The molecule has 2 heteroatoms. The molecule has 0 saturated heterocycles. The van der Waals surface area contributed by atoms with Crippen LogP contribution in [0.3, 0.4) is 0 Å². The van der Waals surface area contributed by atoms with Gasteiger partial charge in [-0.2, -0.15) is 0 Å². The molecule has 0 aromatic rings. The van der Waals surface area contributed by atoms with Crippen molar-refractivity contribution in [2.45, 2.75) is 135 Å². The third-order valence-corrected chi connectivity index (χ3v) is 5.25. The Balaban J connectivity index is 0. The van der Waals surface area contributed by atoms with Crippen molar-refractivity contribution < 1.29 is 0 Å². The molecule has 0 rings (SSSR count). The molecule has 27 heavy (non-hydrogen) atoms. The quantitative estimate of drug-likeness (QED) is 0.144. The van der Waals surface area contributed by atoms with Crippen molar-refractivity contribution in [3.8, 4) is 0 Å². The van der Waals surface area contributed by atoms with Crippen LogP contribution in [0.15, 0.2) is 0 Å². The van der Waals surface area contributed by atoms with Crippen LogP contribution in [0.4, 0.5) is 0 Å². The zero-order valence-electron chi connectivity index (χ0n) is 19.7. The van der Waals surface area contributed by atoms with Gasteiger partial charge in [-0.15, -0.1) is 11.6 Å². The summed E-state index contributed by atoms with van der Waals surface area (Å²) < 4.78 is 0. The highest BCUT2D eigenvalue weighted by Crippen LogP contribution is 2.14. The van der Waals surface area contributed by atoms with Crippen molar-refractivity contribution in [1.82, 2.24) is 4.90 Å². The van der Waals surface area contributed by atoms with Gasteiger partial charge in [0.25, 0.3) is 0 Å². The van der Waals surface area contributed by atoms with Crippen molar-refractivity contribution >= 4 is 11.6 Å². The first kappa shape index (κ1) is 29.5. The van der Waals surface area contributed by atoms with E-state index in [0.717, 1.165) is 5.88 Å². The third kappa shape index (κ3) is 37.6. The molecule has 1 nitrogen and oxygen atoms in total. The van der Waals surface area contributed by atoms with E-state index in [1.54, 1.807) is 0 Å². The Labute approximate surface area is 179 Å². The first-order chi connectivity index (χ1) is 13.1. The van der Waals surface area contributed by atoms with Crippen LogP contribution in [-0.2, 0) is 0 Å². The van der Waals surface area contributed by atoms with Crippen LogP contribution >= 0.6 is 11.6 Å². The number of hydrogen-bond acceptors (Lipinski definition) is 1. The summed E-state index contributed by atoms with van der Waals surface area (Å²) >= 11 is 5.68. The maximum Gasteiger partial charge on any atom is 0.0223 e. The second kappa shape index (κ2) is 28.5. The molecule has 0 aromatic carbocycles. The standard InChI is InChI=1S/C22H45Cl.C3H9N/c1-2-3-4-5-6-7-8-9-10-11-12-13-14-15-16-17-18-19-20-21-22-23;1-4(2)3/h2-22H2,1H3;1-3H3. The fourth-order valence-electron chi connectivity index (χ4n) is 3.35. The number of unbranched alkanes of at least 4 members (excludes halogenated alkanes) is 19. The molecular formula is C25H54ClN. The van der Waals surface area contributed by atoms with Crippen molar-refractivity contribution in [3.05, 3.63) is 0 Å². The van der Waals surface area contributed by atoms with Gasteiger partial charge in [0.15, 0.2) is 0 Å². The number of rotatable bonds is 20. The average Bonchev–Trinajstić information content (AvgIpc) is 2.63. The van der Waals surface area contributed by atoms with Gasteiger partial charge in [0.1, 0.15) is 0 Å². The van der Waals surface area contributed by atoms with E-state index in [2.05, 4.69) is 6.92 Å². The summed E-state index contributed by atoms with van der Waals surface area (Å²) in [6.07, 6.45) is 28.8. The van der Waals surface area contributed by atoms with E-state index in [0.29, 0.717) is 0 Å². The Morgan fingerprint density at radius 2 is 0.593 bits per heavy atom. The summed E-state index contributed by atoms with van der Waals surface area (Å²) in [7, 11) is 6.00. The Morgan fingerprint density at radius 1 is 0.407 bits per heavy atom. The first-order valence-electron chi connectivity index (χ1n) is 12.3. The molecule has 0 saturated carbocycles. The van der Waals surface area contributed by atoms with Crippen LogP contribution in [0.1, 0.15) is 135 Å². The fraction of sp³-hybridized carbons (Fsp3) is 1.00. The Morgan fingerprint density at radius 3 is 0.778 bits per heavy atom. The molecule has 0 aromatic heterocycles. The number of halogens is 1. The molecule has 0 aliphatic rings. The third-order valence-electron chi connectivity index (χ3n) is 4.99. The minimum Gasteiger partial charge on any atom is -0.312 e. The fourth-order valence-corrected chi connectivity index (χ4v) is 3.54. The number of hydrogen-bond donors (Lipinski definition) is 0. The van der Waals surface area contributed by atoms with E-state index in [4.69, 9.17) is 11.6 Å². The zero-order chi connectivity index (χ0) is 20.4. The van der Waals surface area contributed by atoms with Crippen LogP contribution < -0.4 is 0 Å². The topological polar surface area (TPSA) is 3.24 Å². The smallest absolute Gasteiger partial charge is 0.0223 e. The second-order valence-electron chi connectivity index (χ2n) is 8.75. The van der Waals surface area contributed by atoms with Crippen LogP contribution in [0.25, 0.3) is 0 Å². The van der Waals surface area contributed by atoms with E-state index >= 15 is 0 Å². The summed E-state index contributed by atoms with van der Waals surface area (Å²) in [5, 5.41) is 0. The highest BCUT2D eigenvalue weighted by atomic mass is 35.5. The van der Waals surface area contributed by atoms with Gasteiger partial charge in [0, 0.05) is 5.88 Å². The highest BCUT2D eigenvalue weighted by molar-refractivity contribution is 6.17. The van der Waals surface area contributed by atoms with Gasteiger partial charge in [-0.1, -0.05) is 129 Å². The van der Waals surface area contributed by atoms with Gasteiger partial charge in [0.05, 0.1) is 0 Å². The molecule has 0 atom stereocenters. The monoisotopic (exact) mass is 403 g/mol. The predicted octanol–water partition coefficient (Wildman–Crippen LogP) is 9.22. The SMILES string of the molecule is CCCCCCCCCCCCCCCCCCCCCCCl.CN(C)C. The molecule has 0 unspecified atom stereocenters. The van der Waals surface area contributed by atoms with Gasteiger partial charge < -0.3 is 4.90 Å². The summed E-state index contributed by atoms with van der Waals surface area (Å²) in [6, 6.07) is 0. The molecule has 0 amide bonds. The largest absolute Gasteiger partial charge is 0.312 e. The second-order valence-corrected chi connectivity index (χ2v) is 9.13. The number of nitrogens with zero attached hydrogens (tertiary/aromatic N) is 1. The van der Waals surface area contributed by atoms with E-state index in [1.165, 1.54) is 128 Å². The van der Waals surface area contributed by atoms with Crippen LogP contribution in [-0.4, -0.2) is 31.9 Å². The van der Waals surface area contributed by atoms with Gasteiger partial charge in [-0.25, -0.2) is 0 Å².